The number of aryl methyl sites for hydroxylation is 4. The Balaban J connectivity index is 0.000000211. The Morgan fingerprint density at radius 1 is 0.383 bits per heavy atom. The summed E-state index contributed by atoms with van der Waals surface area (Å²) in [5.41, 5.74) is -6.59. The molecule has 0 saturated heterocycles. The largest absolute Gasteiger partial charge is 0.524 e. The Labute approximate surface area is 506 Å². The predicted octanol–water partition coefficient (Wildman–Crippen LogP) is 22.9. The molecule has 6 nitrogen and oxygen atoms in total. The van der Waals surface area contributed by atoms with Crippen LogP contribution in [0.2, 0.25) is 0 Å². The van der Waals surface area contributed by atoms with Crippen molar-refractivity contribution in [2.75, 3.05) is 0 Å². The van der Waals surface area contributed by atoms with Gasteiger partial charge in [-0.05, 0) is 163 Å². The molecule has 8 rings (SSSR count). The van der Waals surface area contributed by atoms with Crippen molar-refractivity contribution in [1.29, 1.82) is 0 Å². The SMILES string of the molecule is CCCCCCc1ccsc1-c1ccc(-c2ccc(-c3sc(C=O)cc3CCCCCC)s2)s1.CCCCCCc1ccsc1-c1ccc(-c2ccc(-c3sccc3CCCCCC)s2)s1.O=S(=O)(OS(=O)(=O)C(F)(F)F)C(F)(F)F. The Morgan fingerprint density at radius 3 is 0.951 bits per heavy atom. The Hall–Kier alpha value is -3.29. The quantitative estimate of drug-likeness (QED) is 0.0201. The summed E-state index contributed by atoms with van der Waals surface area (Å²) < 4.78 is 110. The number of alkyl halides is 6. The first-order valence-electron chi connectivity index (χ1n) is 27.3. The van der Waals surface area contributed by atoms with Gasteiger partial charge < -0.3 is 0 Å². The summed E-state index contributed by atoms with van der Waals surface area (Å²) >= 11 is 15.0. The third-order valence-corrected chi connectivity index (χ3v) is 24.9. The average molecular weight is 1310 g/mol. The highest BCUT2D eigenvalue weighted by Crippen LogP contribution is 2.47. The van der Waals surface area contributed by atoms with Gasteiger partial charge in [-0.2, -0.15) is 43.2 Å². The number of rotatable bonds is 29. The van der Waals surface area contributed by atoms with E-state index in [2.05, 4.69) is 117 Å². The maximum absolute atomic E-state index is 11.5. The molecule has 0 fully saturated rings. The number of aldehydes is 1. The van der Waals surface area contributed by atoms with Gasteiger partial charge in [-0.1, -0.05) is 105 Å². The van der Waals surface area contributed by atoms with Crippen LogP contribution in [0.5, 0.6) is 0 Å². The van der Waals surface area contributed by atoms with Crippen LogP contribution in [0.3, 0.4) is 0 Å². The van der Waals surface area contributed by atoms with Crippen LogP contribution < -0.4 is 0 Å². The summed E-state index contributed by atoms with van der Waals surface area (Å²) in [5.74, 6) is 0. The monoisotopic (exact) mass is 1310 g/mol. The third-order valence-electron chi connectivity index (χ3n) is 12.9. The van der Waals surface area contributed by atoms with E-state index in [4.69, 9.17) is 0 Å². The summed E-state index contributed by atoms with van der Waals surface area (Å²) in [6, 6.07) is 27.5. The summed E-state index contributed by atoms with van der Waals surface area (Å²) in [6.45, 7) is 9.09. The minimum Gasteiger partial charge on any atom is -0.297 e. The maximum atomic E-state index is 11.5. The molecule has 442 valence electrons. The summed E-state index contributed by atoms with van der Waals surface area (Å²) in [7, 11) is -13.7. The molecule has 0 amide bonds. The fraction of sp³-hybridized carbons (Fsp3) is 0.441. The molecule has 0 saturated carbocycles. The molecule has 0 radical (unpaired) electrons. The summed E-state index contributed by atoms with van der Waals surface area (Å²) in [4.78, 5) is 29.1. The van der Waals surface area contributed by atoms with Gasteiger partial charge in [0.15, 0.2) is 6.29 Å². The molecule has 8 aromatic heterocycles. The van der Waals surface area contributed by atoms with E-state index < -0.39 is 31.3 Å². The molecule has 0 aliphatic heterocycles. The predicted molar refractivity (Wildman–Crippen MR) is 336 cm³/mol. The first-order chi connectivity index (χ1) is 38.7. The molecule has 0 aliphatic rings. The van der Waals surface area contributed by atoms with Crippen LogP contribution in [0.25, 0.3) is 58.5 Å². The smallest absolute Gasteiger partial charge is 0.297 e. The molecule has 0 spiro atoms. The molecule has 0 aliphatic carbocycles. The van der Waals surface area contributed by atoms with Crippen LogP contribution in [0.4, 0.5) is 26.3 Å². The van der Waals surface area contributed by atoms with Crippen molar-refractivity contribution in [3.8, 4) is 58.5 Å². The second-order valence-electron chi connectivity index (χ2n) is 19.2. The lowest BCUT2D eigenvalue weighted by Crippen LogP contribution is -2.34. The van der Waals surface area contributed by atoms with Crippen LogP contribution in [0, 0.1) is 0 Å². The van der Waals surface area contributed by atoms with Gasteiger partial charge in [-0.25, -0.2) is 0 Å². The first-order valence-corrected chi connectivity index (χ1v) is 36.8. The molecular formula is C59H68F6O6S10. The van der Waals surface area contributed by atoms with Crippen molar-refractivity contribution < 1.29 is 51.6 Å². The number of halogens is 6. The van der Waals surface area contributed by atoms with Crippen molar-refractivity contribution in [2.45, 2.75) is 167 Å². The minimum absolute atomic E-state index is 0.845. The molecule has 0 bridgehead atoms. The van der Waals surface area contributed by atoms with Crippen LogP contribution in [0.15, 0.2) is 88.9 Å². The maximum Gasteiger partial charge on any atom is 0.524 e. The molecule has 8 aromatic rings. The normalized spacial score (nSPS) is 12.1. The zero-order chi connectivity index (χ0) is 58.6. The zero-order valence-electron chi connectivity index (χ0n) is 45.7. The van der Waals surface area contributed by atoms with Crippen molar-refractivity contribution in [1.82, 2.24) is 0 Å². The second kappa shape index (κ2) is 32.3. The highest BCUT2D eigenvalue weighted by atomic mass is 32.3. The van der Waals surface area contributed by atoms with E-state index in [0.29, 0.717) is 0 Å². The van der Waals surface area contributed by atoms with Crippen molar-refractivity contribution in [3.05, 3.63) is 116 Å². The number of unbranched alkanes of at least 4 members (excludes halogenated alkanes) is 12. The Morgan fingerprint density at radius 2 is 0.667 bits per heavy atom. The first kappa shape index (κ1) is 66.8. The molecule has 81 heavy (non-hydrogen) atoms. The fourth-order valence-electron chi connectivity index (χ4n) is 8.68. The van der Waals surface area contributed by atoms with E-state index in [-0.39, 0.29) is 0 Å². The lowest BCUT2D eigenvalue weighted by atomic mass is 10.1. The molecule has 0 aromatic carbocycles. The van der Waals surface area contributed by atoms with Gasteiger partial charge in [0.2, 0.25) is 0 Å². The number of thiophene rings is 8. The lowest BCUT2D eigenvalue weighted by Gasteiger charge is -2.09. The summed E-state index contributed by atoms with van der Waals surface area (Å²) in [5, 5.41) is 6.79. The van der Waals surface area contributed by atoms with Crippen LogP contribution in [0.1, 0.15) is 162 Å². The van der Waals surface area contributed by atoms with E-state index in [9.17, 15) is 48.0 Å². The van der Waals surface area contributed by atoms with Crippen molar-refractivity contribution >= 4 is 117 Å². The van der Waals surface area contributed by atoms with Gasteiger partial charge in [0.1, 0.15) is 0 Å². The van der Waals surface area contributed by atoms with Crippen molar-refractivity contribution in [2.24, 2.45) is 0 Å². The highest BCUT2D eigenvalue weighted by molar-refractivity contribution is 8.00. The van der Waals surface area contributed by atoms with Crippen LogP contribution in [-0.4, -0.2) is 34.1 Å². The van der Waals surface area contributed by atoms with Gasteiger partial charge in [-0.15, -0.1) is 94.3 Å². The van der Waals surface area contributed by atoms with Gasteiger partial charge in [0.05, 0.1) is 4.88 Å². The molecule has 22 heteroatoms. The molecule has 0 unspecified atom stereocenters. The van der Waals surface area contributed by atoms with Gasteiger partial charge in [-0.3, -0.25) is 4.79 Å². The van der Waals surface area contributed by atoms with E-state index in [1.807, 2.05) is 83.0 Å². The van der Waals surface area contributed by atoms with E-state index in [0.717, 1.165) is 17.6 Å². The average Bonchev–Trinajstić information content (AvgIpc) is 4.43. The minimum atomic E-state index is -6.85. The van der Waals surface area contributed by atoms with Crippen molar-refractivity contribution in [3.63, 3.8) is 0 Å². The van der Waals surface area contributed by atoms with Gasteiger partial charge >= 0.3 is 31.3 Å². The second-order valence-corrected chi connectivity index (χ2v) is 30.7. The number of hydrogen-bond donors (Lipinski definition) is 0. The highest BCUT2D eigenvalue weighted by Gasteiger charge is 2.57. The lowest BCUT2D eigenvalue weighted by molar-refractivity contribution is -0.0585. The third kappa shape index (κ3) is 19.4. The zero-order valence-corrected chi connectivity index (χ0v) is 53.8. The molecule has 0 N–H and O–H groups in total. The van der Waals surface area contributed by atoms with E-state index in [1.165, 1.54) is 203 Å². The molecular weight excluding hydrogens is 1240 g/mol. The van der Waals surface area contributed by atoms with Gasteiger partial charge in [0.25, 0.3) is 0 Å². The Bertz CT molecular complexity index is 3250. The number of carbonyl (C=O) groups is 1. The Kier molecular flexibility index (Phi) is 26.6. The fourth-order valence-corrected chi connectivity index (χ4v) is 19.0. The van der Waals surface area contributed by atoms with Crippen LogP contribution >= 0.6 is 90.7 Å². The summed E-state index contributed by atoms with van der Waals surface area (Å²) in [6.07, 6.45) is 26.6. The topological polar surface area (TPSA) is 94.6 Å². The van der Waals surface area contributed by atoms with Crippen LogP contribution in [-0.2, 0) is 49.5 Å². The van der Waals surface area contributed by atoms with E-state index in [1.54, 1.807) is 11.3 Å². The standard InChI is InChI=1S/C29H34OS4.C28H34S4.C2F6O5S2/c1-3-5-7-9-11-21-17-18-31-28(21)26-15-13-24(33-26)25-14-16-27(34-25)29-22(12-10-8-6-4-2)19-23(20-30)32-29;1-3-5-7-9-11-21-17-19-29-27(21)25-15-13-23(31-25)24-14-16-26(32-24)28-22(18-20-30-28)12-10-8-6-4-2;3-1(4,5)14(9,10)13-15(11,12)2(6,7)8/h13-20H,3-12H2,1-2H3;13-20H,3-12H2,1-2H3;. The molecule has 0 atom stereocenters. The van der Waals surface area contributed by atoms with E-state index >= 15 is 0 Å². The van der Waals surface area contributed by atoms with Gasteiger partial charge in [0, 0.05) is 58.5 Å². The number of hydrogen-bond acceptors (Lipinski definition) is 14. The number of carbonyl (C=O) groups excluding carboxylic acids is 1. The molecule has 8 heterocycles.